The fraction of sp³-hybridized carbons (Fsp3) is 0.176. The summed E-state index contributed by atoms with van der Waals surface area (Å²) in [6.45, 7) is 1.33. The first kappa shape index (κ1) is 20.0. The molecule has 2 aromatic carbocycles. The van der Waals surface area contributed by atoms with Gasteiger partial charge in [0.25, 0.3) is 0 Å². The summed E-state index contributed by atoms with van der Waals surface area (Å²) in [5.41, 5.74) is -0.364. The third kappa shape index (κ3) is 4.46. The van der Waals surface area contributed by atoms with Gasteiger partial charge in [-0.1, -0.05) is 23.7 Å². The number of hydrogen-bond donors (Lipinski definition) is 1. The molecule has 2 rings (SSSR count). The number of halogens is 2. The predicted molar refractivity (Wildman–Crippen MR) is 93.3 cm³/mol. The van der Waals surface area contributed by atoms with Gasteiger partial charge < -0.3 is 4.74 Å². The zero-order chi connectivity index (χ0) is 19.5. The number of carbonyl (C=O) groups is 2. The highest BCUT2D eigenvalue weighted by Gasteiger charge is 2.24. The van der Waals surface area contributed by atoms with Gasteiger partial charge in [-0.3, -0.25) is 4.79 Å². The summed E-state index contributed by atoms with van der Waals surface area (Å²) in [6.07, 6.45) is -1.22. The molecule has 26 heavy (non-hydrogen) atoms. The topological polar surface area (TPSA) is 89.5 Å². The van der Waals surface area contributed by atoms with Crippen LogP contribution in [0.3, 0.4) is 0 Å². The quantitative estimate of drug-likeness (QED) is 0.596. The molecular formula is C17H15ClFNO5S. The number of esters is 1. The second kappa shape index (κ2) is 7.94. The molecule has 0 saturated heterocycles. The van der Waals surface area contributed by atoms with Crippen molar-refractivity contribution in [2.75, 3.05) is 7.05 Å². The highest BCUT2D eigenvalue weighted by atomic mass is 35.5. The lowest BCUT2D eigenvalue weighted by molar-refractivity contribution is 0.0314. The molecule has 0 fully saturated rings. The van der Waals surface area contributed by atoms with Crippen molar-refractivity contribution in [1.82, 2.24) is 4.72 Å². The van der Waals surface area contributed by atoms with Crippen LogP contribution in [-0.2, 0) is 14.8 Å². The molecule has 1 N–H and O–H groups in total. The Kier molecular flexibility index (Phi) is 6.12. The molecule has 0 aromatic heterocycles. The minimum atomic E-state index is -3.87. The SMILES string of the molecule is CNS(=O)(=O)c1ccc(F)c(C(=O)OC(C)C(=O)c2cccc(Cl)c2)c1. The van der Waals surface area contributed by atoms with Gasteiger partial charge in [0.15, 0.2) is 6.10 Å². The molecule has 6 nitrogen and oxygen atoms in total. The number of hydrogen-bond acceptors (Lipinski definition) is 5. The molecule has 1 atom stereocenters. The Balaban J connectivity index is 2.24. The smallest absolute Gasteiger partial charge is 0.341 e. The lowest BCUT2D eigenvalue weighted by Crippen LogP contribution is -2.25. The predicted octanol–water partition coefficient (Wildman–Crippen LogP) is 2.82. The number of nitrogens with one attached hydrogen (secondary N) is 1. The Bertz CT molecular complexity index is 961. The van der Waals surface area contributed by atoms with Gasteiger partial charge in [-0.15, -0.1) is 0 Å². The number of sulfonamides is 1. The molecule has 0 aliphatic heterocycles. The molecule has 9 heteroatoms. The standard InChI is InChI=1S/C17H15ClFNO5S/c1-10(16(21)11-4-3-5-12(18)8-11)25-17(22)14-9-13(6-7-15(14)19)26(23,24)20-2/h3-10,20H,1-2H3. The summed E-state index contributed by atoms with van der Waals surface area (Å²) in [5.74, 6) is -2.65. The Morgan fingerprint density at radius 2 is 1.88 bits per heavy atom. The van der Waals surface area contributed by atoms with Crippen molar-refractivity contribution in [1.29, 1.82) is 0 Å². The van der Waals surface area contributed by atoms with E-state index in [9.17, 15) is 22.4 Å². The minimum Gasteiger partial charge on any atom is -0.451 e. The molecule has 0 heterocycles. The van der Waals surface area contributed by atoms with Crippen molar-refractivity contribution in [2.45, 2.75) is 17.9 Å². The number of Topliss-reactive ketones (excluding diaryl/α,β-unsaturated/α-hetero) is 1. The second-order valence-corrected chi connectivity index (χ2v) is 7.59. The van der Waals surface area contributed by atoms with Gasteiger partial charge in [0.1, 0.15) is 5.82 Å². The molecular weight excluding hydrogens is 385 g/mol. The first-order valence-corrected chi connectivity index (χ1v) is 9.25. The van der Waals surface area contributed by atoms with Crippen LogP contribution in [0.4, 0.5) is 4.39 Å². The summed E-state index contributed by atoms with van der Waals surface area (Å²) >= 11 is 5.82. The van der Waals surface area contributed by atoms with E-state index in [2.05, 4.69) is 4.72 Å². The molecule has 0 saturated carbocycles. The van der Waals surface area contributed by atoms with E-state index in [1.54, 1.807) is 12.1 Å². The third-order valence-electron chi connectivity index (χ3n) is 3.50. The van der Waals surface area contributed by atoms with Crippen molar-refractivity contribution >= 4 is 33.4 Å². The summed E-state index contributed by atoms with van der Waals surface area (Å²) in [7, 11) is -2.69. The minimum absolute atomic E-state index is 0.227. The lowest BCUT2D eigenvalue weighted by atomic mass is 10.1. The Morgan fingerprint density at radius 1 is 1.19 bits per heavy atom. The number of ether oxygens (including phenoxy) is 1. The lowest BCUT2D eigenvalue weighted by Gasteiger charge is -2.13. The molecule has 0 bridgehead atoms. The average Bonchev–Trinajstić information content (AvgIpc) is 2.61. The van der Waals surface area contributed by atoms with Gasteiger partial charge in [0.05, 0.1) is 10.5 Å². The Morgan fingerprint density at radius 3 is 2.50 bits per heavy atom. The van der Waals surface area contributed by atoms with Crippen LogP contribution in [0.1, 0.15) is 27.6 Å². The zero-order valence-corrected chi connectivity index (χ0v) is 15.4. The van der Waals surface area contributed by atoms with Crippen LogP contribution in [0, 0.1) is 5.82 Å². The van der Waals surface area contributed by atoms with E-state index in [4.69, 9.17) is 16.3 Å². The van der Waals surface area contributed by atoms with Crippen LogP contribution < -0.4 is 4.72 Å². The van der Waals surface area contributed by atoms with Gasteiger partial charge in [-0.2, -0.15) is 0 Å². The van der Waals surface area contributed by atoms with E-state index >= 15 is 0 Å². The van der Waals surface area contributed by atoms with Crippen LogP contribution in [-0.4, -0.2) is 33.3 Å². The van der Waals surface area contributed by atoms with Gasteiger partial charge in [-0.25, -0.2) is 22.3 Å². The fourth-order valence-electron chi connectivity index (χ4n) is 2.10. The van der Waals surface area contributed by atoms with Crippen molar-refractivity contribution in [3.05, 3.63) is 64.4 Å². The van der Waals surface area contributed by atoms with Gasteiger partial charge in [0, 0.05) is 10.6 Å². The number of rotatable bonds is 6. The molecule has 2 aromatic rings. The molecule has 0 spiro atoms. The summed E-state index contributed by atoms with van der Waals surface area (Å²) in [6, 6.07) is 8.75. The highest BCUT2D eigenvalue weighted by Crippen LogP contribution is 2.18. The molecule has 0 amide bonds. The van der Waals surface area contributed by atoms with Gasteiger partial charge in [-0.05, 0) is 44.3 Å². The maximum absolute atomic E-state index is 13.9. The van der Waals surface area contributed by atoms with E-state index in [-0.39, 0.29) is 10.5 Å². The first-order valence-electron chi connectivity index (χ1n) is 7.39. The van der Waals surface area contributed by atoms with Crippen LogP contribution in [0.5, 0.6) is 0 Å². The highest BCUT2D eigenvalue weighted by molar-refractivity contribution is 7.89. The molecule has 0 radical (unpaired) electrons. The van der Waals surface area contributed by atoms with E-state index < -0.39 is 39.3 Å². The monoisotopic (exact) mass is 399 g/mol. The van der Waals surface area contributed by atoms with E-state index in [0.29, 0.717) is 5.02 Å². The fourth-order valence-corrected chi connectivity index (χ4v) is 3.05. The maximum Gasteiger partial charge on any atom is 0.341 e. The maximum atomic E-state index is 13.9. The van der Waals surface area contributed by atoms with Crippen LogP contribution in [0.15, 0.2) is 47.4 Å². The summed E-state index contributed by atoms with van der Waals surface area (Å²) in [4.78, 5) is 24.2. The normalized spacial score (nSPS) is 12.5. The number of benzene rings is 2. The molecule has 0 aliphatic rings. The van der Waals surface area contributed by atoms with Crippen molar-refractivity contribution in [2.24, 2.45) is 0 Å². The first-order chi connectivity index (χ1) is 12.2. The summed E-state index contributed by atoms with van der Waals surface area (Å²) < 4.78 is 44.5. The average molecular weight is 400 g/mol. The Hall–Kier alpha value is -2.29. The number of ketones is 1. The number of carbonyl (C=O) groups excluding carboxylic acids is 2. The van der Waals surface area contributed by atoms with Gasteiger partial charge >= 0.3 is 5.97 Å². The van der Waals surface area contributed by atoms with Crippen LogP contribution in [0.25, 0.3) is 0 Å². The van der Waals surface area contributed by atoms with E-state index in [0.717, 1.165) is 18.2 Å². The molecule has 138 valence electrons. The summed E-state index contributed by atoms with van der Waals surface area (Å²) in [5, 5.41) is 0.338. The third-order valence-corrected chi connectivity index (χ3v) is 5.15. The molecule has 1 unspecified atom stereocenters. The van der Waals surface area contributed by atoms with Crippen molar-refractivity contribution in [3.63, 3.8) is 0 Å². The molecule has 0 aliphatic carbocycles. The van der Waals surface area contributed by atoms with Crippen molar-refractivity contribution in [3.8, 4) is 0 Å². The zero-order valence-electron chi connectivity index (χ0n) is 13.8. The van der Waals surface area contributed by atoms with E-state index in [1.807, 2.05) is 0 Å². The van der Waals surface area contributed by atoms with Crippen molar-refractivity contribution < 1.29 is 27.1 Å². The van der Waals surface area contributed by atoms with Crippen LogP contribution in [0.2, 0.25) is 5.02 Å². The Labute approximate surface area is 155 Å². The second-order valence-electron chi connectivity index (χ2n) is 5.27. The van der Waals surface area contributed by atoms with E-state index in [1.165, 1.54) is 26.1 Å². The van der Waals surface area contributed by atoms with Crippen LogP contribution >= 0.6 is 11.6 Å². The van der Waals surface area contributed by atoms with Gasteiger partial charge in [0.2, 0.25) is 15.8 Å². The largest absolute Gasteiger partial charge is 0.451 e.